The highest BCUT2D eigenvalue weighted by atomic mass is 35.5. The van der Waals surface area contributed by atoms with Gasteiger partial charge in [0.15, 0.2) is 0 Å². The van der Waals surface area contributed by atoms with Crippen LogP contribution in [0, 0.1) is 12.7 Å². The van der Waals surface area contributed by atoms with E-state index in [1.165, 1.54) is 12.1 Å². The van der Waals surface area contributed by atoms with E-state index in [2.05, 4.69) is 21.2 Å². The molecule has 5 aromatic rings. The number of carbonyl (C=O) groups is 1. The highest BCUT2D eigenvalue weighted by Crippen LogP contribution is 2.46. The molecule has 0 unspecified atom stereocenters. The molecule has 0 aliphatic carbocycles. The Labute approximate surface area is 335 Å². The summed E-state index contributed by atoms with van der Waals surface area (Å²) in [5.74, 6) is 0.459. The van der Waals surface area contributed by atoms with Gasteiger partial charge in [0, 0.05) is 56.5 Å². The van der Waals surface area contributed by atoms with Gasteiger partial charge in [0.1, 0.15) is 30.5 Å². The standard InChI is InChI=1S/C43H46ClFN4O6S/c1-6-7-31(28(3)54-26-29-8-14-33(52-5)15-9-29)24-36(43(50)51)55-42-39-37(56-47-42)25-46-41(30-10-12-32(45)13-11-30)38(39)34-16-17-35(40(44)27(34)2)53-23-22-49-20-18-48(4)19-21-49/h6-17,25,36H,18-24,26H2,1-5H3,(H,50,51)/b7-6-,31-28-/t36-/m1/s1. The summed E-state index contributed by atoms with van der Waals surface area (Å²) in [5.41, 5.74) is 4.88. The average Bonchev–Trinajstić information content (AvgIpc) is 3.61. The van der Waals surface area contributed by atoms with E-state index in [0.717, 1.165) is 66.7 Å². The third-order valence-electron chi connectivity index (χ3n) is 9.85. The summed E-state index contributed by atoms with van der Waals surface area (Å²) in [7, 11) is 3.74. The molecule has 3 aromatic carbocycles. The number of benzene rings is 3. The first-order valence-electron chi connectivity index (χ1n) is 18.4. The van der Waals surface area contributed by atoms with Gasteiger partial charge in [0.05, 0.1) is 33.7 Å². The molecule has 0 saturated carbocycles. The van der Waals surface area contributed by atoms with Crippen molar-refractivity contribution < 1.29 is 33.2 Å². The predicted molar refractivity (Wildman–Crippen MR) is 219 cm³/mol. The van der Waals surface area contributed by atoms with Crippen molar-refractivity contribution in [2.45, 2.75) is 39.9 Å². The van der Waals surface area contributed by atoms with Gasteiger partial charge in [-0.1, -0.05) is 42.0 Å². The van der Waals surface area contributed by atoms with Crippen molar-refractivity contribution >= 4 is 39.2 Å². The quantitative estimate of drug-likeness (QED) is 0.0768. The molecule has 3 heterocycles. The van der Waals surface area contributed by atoms with Crippen LogP contribution >= 0.6 is 23.1 Å². The number of carboxylic acid groups (broad SMARTS) is 1. The van der Waals surface area contributed by atoms with E-state index in [1.807, 2.05) is 62.4 Å². The number of ether oxygens (including phenoxy) is 4. The van der Waals surface area contributed by atoms with E-state index in [-0.39, 0.29) is 24.7 Å². The molecule has 1 atom stereocenters. The smallest absolute Gasteiger partial charge is 0.345 e. The number of fused-ring (bicyclic) bond motifs is 1. The molecule has 0 spiro atoms. The molecule has 56 heavy (non-hydrogen) atoms. The van der Waals surface area contributed by atoms with Crippen LogP contribution in [-0.2, 0) is 16.1 Å². The Morgan fingerprint density at radius 2 is 1.80 bits per heavy atom. The lowest BCUT2D eigenvalue weighted by Gasteiger charge is -2.32. The van der Waals surface area contributed by atoms with Crippen molar-refractivity contribution in [1.29, 1.82) is 0 Å². The Kier molecular flexibility index (Phi) is 13.6. The number of aliphatic carboxylic acids is 1. The second-order valence-electron chi connectivity index (χ2n) is 13.6. The molecule has 294 valence electrons. The van der Waals surface area contributed by atoms with Crippen LogP contribution in [0.2, 0.25) is 5.02 Å². The number of hydrogen-bond donors (Lipinski definition) is 1. The summed E-state index contributed by atoms with van der Waals surface area (Å²) in [6.07, 6.45) is 4.01. The van der Waals surface area contributed by atoms with Gasteiger partial charge in [-0.25, -0.2) is 9.18 Å². The number of methoxy groups -OCH3 is 1. The number of aromatic nitrogens is 2. The fourth-order valence-electron chi connectivity index (χ4n) is 6.53. The van der Waals surface area contributed by atoms with Gasteiger partial charge in [-0.15, -0.1) is 0 Å². The topological polar surface area (TPSA) is 106 Å². The van der Waals surface area contributed by atoms with Gasteiger partial charge in [0.25, 0.3) is 0 Å². The van der Waals surface area contributed by atoms with Crippen molar-refractivity contribution in [1.82, 2.24) is 19.2 Å². The molecule has 1 fully saturated rings. The summed E-state index contributed by atoms with van der Waals surface area (Å²) < 4.78 is 43.3. The zero-order valence-electron chi connectivity index (χ0n) is 32.2. The van der Waals surface area contributed by atoms with E-state index in [0.29, 0.717) is 55.6 Å². The van der Waals surface area contributed by atoms with Crippen molar-refractivity contribution in [3.05, 3.63) is 112 Å². The van der Waals surface area contributed by atoms with Crippen molar-refractivity contribution in [3.8, 4) is 39.8 Å². The Hall–Kier alpha value is -5.01. The first-order chi connectivity index (χ1) is 27.1. The summed E-state index contributed by atoms with van der Waals surface area (Å²) in [6, 6.07) is 17.4. The Balaban J connectivity index is 1.33. The molecule has 2 aromatic heterocycles. The fraction of sp³-hybridized carbons (Fsp3) is 0.326. The summed E-state index contributed by atoms with van der Waals surface area (Å²) in [6.45, 7) is 11.1. The summed E-state index contributed by atoms with van der Waals surface area (Å²) in [4.78, 5) is 22.3. The number of carboxylic acids is 1. The molecule has 1 saturated heterocycles. The lowest BCUT2D eigenvalue weighted by molar-refractivity contribution is -0.145. The van der Waals surface area contributed by atoms with Crippen molar-refractivity contribution in [2.24, 2.45) is 0 Å². The van der Waals surface area contributed by atoms with Crippen LogP contribution in [0.4, 0.5) is 4.39 Å². The Morgan fingerprint density at radius 1 is 1.07 bits per heavy atom. The largest absolute Gasteiger partial charge is 0.497 e. The maximum absolute atomic E-state index is 14.1. The Morgan fingerprint density at radius 3 is 2.48 bits per heavy atom. The lowest BCUT2D eigenvalue weighted by atomic mass is 9.93. The second kappa shape index (κ2) is 18.8. The first-order valence-corrected chi connectivity index (χ1v) is 19.6. The van der Waals surface area contributed by atoms with Gasteiger partial charge >= 0.3 is 5.97 Å². The van der Waals surface area contributed by atoms with Crippen LogP contribution < -0.4 is 14.2 Å². The van der Waals surface area contributed by atoms with E-state index < -0.39 is 12.1 Å². The SMILES string of the molecule is C/C=C\C(C[C@@H](Oc1nsc2cnc(-c3ccc(F)cc3)c(-c3ccc(OCCN4CCN(C)CC4)c(Cl)c3C)c12)C(=O)O)=C(/C)OCc1ccc(OC)cc1. The van der Waals surface area contributed by atoms with Gasteiger partial charge in [-0.3, -0.25) is 9.88 Å². The zero-order valence-corrected chi connectivity index (χ0v) is 33.8. The fourth-order valence-corrected chi connectivity index (χ4v) is 7.45. The summed E-state index contributed by atoms with van der Waals surface area (Å²) in [5, 5.41) is 11.5. The number of pyridine rings is 1. The minimum atomic E-state index is -1.32. The third kappa shape index (κ3) is 9.67. The van der Waals surface area contributed by atoms with Crippen LogP contribution in [0.1, 0.15) is 31.4 Å². The third-order valence-corrected chi connectivity index (χ3v) is 11.1. The number of rotatable bonds is 16. The molecule has 0 amide bonds. The van der Waals surface area contributed by atoms with E-state index >= 15 is 0 Å². The van der Waals surface area contributed by atoms with Crippen LogP contribution in [0.25, 0.3) is 32.5 Å². The summed E-state index contributed by atoms with van der Waals surface area (Å²) >= 11 is 8.18. The molecule has 6 rings (SSSR count). The molecule has 1 aliphatic rings. The van der Waals surface area contributed by atoms with Crippen LogP contribution in [0.3, 0.4) is 0 Å². The van der Waals surface area contributed by atoms with Gasteiger partial charge in [0.2, 0.25) is 12.0 Å². The molecule has 10 nitrogen and oxygen atoms in total. The molecular weight excluding hydrogens is 755 g/mol. The predicted octanol–water partition coefficient (Wildman–Crippen LogP) is 9.05. The van der Waals surface area contributed by atoms with Crippen molar-refractivity contribution in [2.75, 3.05) is 53.5 Å². The van der Waals surface area contributed by atoms with Crippen LogP contribution in [0.5, 0.6) is 17.4 Å². The Bertz CT molecular complexity index is 2200. The molecular formula is C43H46ClFN4O6S. The number of hydrogen-bond acceptors (Lipinski definition) is 10. The average molecular weight is 801 g/mol. The van der Waals surface area contributed by atoms with E-state index in [9.17, 15) is 14.3 Å². The number of likely N-dealkylation sites (N-methyl/N-ethyl adjacent to an activating group) is 1. The minimum Gasteiger partial charge on any atom is -0.497 e. The molecule has 0 bridgehead atoms. The van der Waals surface area contributed by atoms with Crippen LogP contribution in [-0.4, -0.2) is 89.8 Å². The number of nitrogens with zero attached hydrogens (tertiary/aromatic N) is 4. The van der Waals surface area contributed by atoms with Crippen LogP contribution in [0.15, 0.2) is 90.3 Å². The lowest BCUT2D eigenvalue weighted by Crippen LogP contribution is -2.45. The zero-order chi connectivity index (χ0) is 39.8. The van der Waals surface area contributed by atoms with Gasteiger partial charge < -0.3 is 29.0 Å². The van der Waals surface area contributed by atoms with E-state index in [1.54, 1.807) is 32.4 Å². The normalized spacial score (nSPS) is 14.8. The molecule has 13 heteroatoms. The second-order valence-corrected chi connectivity index (χ2v) is 14.8. The minimum absolute atomic E-state index is 0.00337. The van der Waals surface area contributed by atoms with Gasteiger partial charge in [-0.2, -0.15) is 4.37 Å². The maximum Gasteiger partial charge on any atom is 0.345 e. The number of piperazine rings is 1. The monoisotopic (exact) mass is 800 g/mol. The highest BCUT2D eigenvalue weighted by molar-refractivity contribution is 7.13. The molecule has 0 radical (unpaired) electrons. The number of allylic oxidation sites excluding steroid dienone is 3. The number of halogens is 2. The highest BCUT2D eigenvalue weighted by Gasteiger charge is 2.28. The molecule has 1 aliphatic heterocycles. The maximum atomic E-state index is 14.1. The van der Waals surface area contributed by atoms with E-state index in [4.69, 9.17) is 35.5 Å². The first kappa shape index (κ1) is 40.6. The molecule has 1 N–H and O–H groups in total. The van der Waals surface area contributed by atoms with Crippen molar-refractivity contribution in [3.63, 3.8) is 0 Å². The van der Waals surface area contributed by atoms with Gasteiger partial charge in [-0.05, 0) is 104 Å².